The van der Waals surface area contributed by atoms with Gasteiger partial charge in [-0.25, -0.2) is 0 Å². The molecule has 2 aromatic rings. The Morgan fingerprint density at radius 3 is 2.44 bits per heavy atom. The van der Waals surface area contributed by atoms with E-state index < -0.39 is 11.4 Å². The lowest BCUT2D eigenvalue weighted by Gasteiger charge is -2.44. The first-order chi connectivity index (χ1) is 12.0. The summed E-state index contributed by atoms with van der Waals surface area (Å²) in [6.45, 7) is 1.93. The second-order valence-corrected chi connectivity index (χ2v) is 7.29. The topological polar surface area (TPSA) is 46.5 Å². The Hall–Kier alpha value is -2.29. The number of carboxylic acids is 1. The minimum atomic E-state index is -0.696. The number of hydrogen-bond acceptors (Lipinski definition) is 2. The number of methoxy groups -OCH3 is 1. The zero-order valence-corrected chi connectivity index (χ0v) is 14.9. The molecule has 0 aliphatic heterocycles. The van der Waals surface area contributed by atoms with E-state index >= 15 is 0 Å². The predicted octanol–water partition coefficient (Wildman–Crippen LogP) is 4.91. The van der Waals surface area contributed by atoms with Gasteiger partial charge in [0.2, 0.25) is 0 Å². The van der Waals surface area contributed by atoms with Gasteiger partial charge in [0.15, 0.2) is 0 Å². The fraction of sp³-hybridized carbons (Fsp3) is 0.409. The zero-order chi connectivity index (χ0) is 17.9. The van der Waals surface area contributed by atoms with Gasteiger partial charge >= 0.3 is 5.97 Å². The van der Waals surface area contributed by atoms with Crippen molar-refractivity contribution in [1.29, 1.82) is 0 Å². The average molecular weight is 338 g/mol. The molecule has 2 aromatic carbocycles. The second kappa shape index (κ2) is 7.30. The molecule has 0 radical (unpaired) electrons. The maximum absolute atomic E-state index is 12.1. The molecule has 1 aliphatic carbocycles. The minimum absolute atomic E-state index is 0.0783. The molecule has 1 N–H and O–H groups in total. The molecule has 0 bridgehead atoms. The summed E-state index contributed by atoms with van der Waals surface area (Å²) in [6.07, 6.45) is 3.52. The van der Waals surface area contributed by atoms with Crippen LogP contribution in [0.1, 0.15) is 43.2 Å². The first-order valence-corrected chi connectivity index (χ1v) is 8.96. The first-order valence-electron chi connectivity index (χ1n) is 8.96. The van der Waals surface area contributed by atoms with Crippen molar-refractivity contribution in [2.24, 2.45) is 11.3 Å². The summed E-state index contributed by atoms with van der Waals surface area (Å²) in [5.74, 6) is 0.488. The van der Waals surface area contributed by atoms with Crippen molar-refractivity contribution in [2.75, 3.05) is 7.11 Å². The molecule has 0 amide bonds. The van der Waals surface area contributed by atoms with Crippen LogP contribution in [0.15, 0.2) is 54.6 Å². The molecule has 0 heterocycles. The van der Waals surface area contributed by atoms with Crippen LogP contribution in [0, 0.1) is 11.3 Å². The third-order valence-electron chi connectivity index (χ3n) is 5.85. The van der Waals surface area contributed by atoms with Crippen molar-refractivity contribution in [1.82, 2.24) is 0 Å². The highest BCUT2D eigenvalue weighted by molar-refractivity contribution is 5.75. The summed E-state index contributed by atoms with van der Waals surface area (Å²) in [5.41, 5.74) is 1.73. The number of hydrogen-bond donors (Lipinski definition) is 1. The maximum atomic E-state index is 12.1. The Morgan fingerprint density at radius 1 is 1.16 bits per heavy atom. The van der Waals surface area contributed by atoms with E-state index in [9.17, 15) is 9.90 Å². The van der Waals surface area contributed by atoms with Crippen LogP contribution in [0.5, 0.6) is 5.75 Å². The third-order valence-corrected chi connectivity index (χ3v) is 5.85. The lowest BCUT2D eigenvalue weighted by Crippen LogP contribution is -2.43. The van der Waals surface area contributed by atoms with E-state index in [1.165, 1.54) is 11.1 Å². The highest BCUT2D eigenvalue weighted by atomic mass is 16.5. The molecule has 3 nitrogen and oxygen atoms in total. The van der Waals surface area contributed by atoms with Crippen LogP contribution >= 0.6 is 0 Å². The Kier molecular flexibility index (Phi) is 5.12. The van der Waals surface area contributed by atoms with Gasteiger partial charge < -0.3 is 9.84 Å². The van der Waals surface area contributed by atoms with Crippen LogP contribution in [0.3, 0.4) is 0 Å². The molecule has 25 heavy (non-hydrogen) atoms. The predicted molar refractivity (Wildman–Crippen MR) is 99.0 cm³/mol. The van der Waals surface area contributed by atoms with E-state index in [-0.39, 0.29) is 11.8 Å². The van der Waals surface area contributed by atoms with Crippen LogP contribution < -0.4 is 4.74 Å². The van der Waals surface area contributed by atoms with Crippen molar-refractivity contribution in [2.45, 2.75) is 38.5 Å². The molecule has 0 unspecified atom stereocenters. The summed E-state index contributed by atoms with van der Waals surface area (Å²) < 4.78 is 5.26. The van der Waals surface area contributed by atoms with Crippen LogP contribution in [0.4, 0.5) is 0 Å². The molecule has 3 rings (SSSR count). The van der Waals surface area contributed by atoms with Crippen LogP contribution in [-0.2, 0) is 11.2 Å². The highest BCUT2D eigenvalue weighted by Crippen LogP contribution is 2.50. The van der Waals surface area contributed by atoms with Gasteiger partial charge in [-0.3, -0.25) is 4.79 Å². The highest BCUT2D eigenvalue weighted by Gasteiger charge is 2.47. The summed E-state index contributed by atoms with van der Waals surface area (Å²) in [4.78, 5) is 12.1. The smallest absolute Gasteiger partial charge is 0.309 e. The molecule has 0 aromatic heterocycles. The van der Waals surface area contributed by atoms with Gasteiger partial charge in [-0.05, 0) is 61.3 Å². The normalized spacial score (nSPS) is 26.2. The van der Waals surface area contributed by atoms with Crippen molar-refractivity contribution in [3.8, 4) is 5.75 Å². The number of benzene rings is 2. The quantitative estimate of drug-likeness (QED) is 0.842. The van der Waals surface area contributed by atoms with Gasteiger partial charge in [0.1, 0.15) is 5.75 Å². The molecule has 1 fully saturated rings. The van der Waals surface area contributed by atoms with E-state index in [4.69, 9.17) is 4.74 Å². The van der Waals surface area contributed by atoms with Crippen molar-refractivity contribution in [3.05, 3.63) is 65.7 Å². The third kappa shape index (κ3) is 3.55. The van der Waals surface area contributed by atoms with Crippen molar-refractivity contribution in [3.63, 3.8) is 0 Å². The molecular formula is C22H26O3. The largest absolute Gasteiger partial charge is 0.497 e. The van der Waals surface area contributed by atoms with Gasteiger partial charge in [0.05, 0.1) is 12.5 Å². The molecule has 1 saturated carbocycles. The lowest BCUT2D eigenvalue weighted by atomic mass is 9.59. The van der Waals surface area contributed by atoms with Crippen molar-refractivity contribution < 1.29 is 14.6 Å². The molecule has 1 aliphatic rings. The average Bonchev–Trinajstić information content (AvgIpc) is 2.64. The van der Waals surface area contributed by atoms with Gasteiger partial charge in [-0.1, -0.05) is 48.9 Å². The number of rotatable bonds is 5. The lowest BCUT2D eigenvalue weighted by molar-refractivity contribution is -0.154. The van der Waals surface area contributed by atoms with Crippen molar-refractivity contribution >= 4 is 5.97 Å². The van der Waals surface area contributed by atoms with Crippen LogP contribution in [0.25, 0.3) is 0 Å². The summed E-state index contributed by atoms with van der Waals surface area (Å²) in [6, 6.07) is 18.4. The molecule has 3 heteroatoms. The molecular weight excluding hydrogens is 312 g/mol. The molecule has 132 valence electrons. The fourth-order valence-corrected chi connectivity index (χ4v) is 4.27. The second-order valence-electron chi connectivity index (χ2n) is 7.29. The number of aliphatic carboxylic acids is 1. The van der Waals surface area contributed by atoms with Crippen LogP contribution in [0.2, 0.25) is 0 Å². The Balaban J connectivity index is 1.96. The molecule has 3 atom stereocenters. The van der Waals surface area contributed by atoms with Crippen LogP contribution in [-0.4, -0.2) is 18.2 Å². The SMILES string of the molecule is COc1ccc([C@H]2CCC[C@](C)(C(=O)O)[C@H]2Cc2ccccc2)cc1. The van der Waals surface area contributed by atoms with Gasteiger partial charge in [-0.2, -0.15) is 0 Å². The number of carbonyl (C=O) groups is 1. The van der Waals surface area contributed by atoms with E-state index in [0.717, 1.165) is 31.4 Å². The van der Waals surface area contributed by atoms with E-state index in [0.29, 0.717) is 0 Å². The van der Waals surface area contributed by atoms with E-state index in [1.807, 2.05) is 37.3 Å². The Bertz CT molecular complexity index is 708. The molecule has 0 spiro atoms. The standard InChI is InChI=1S/C22H26O3/c1-22(21(23)24)14-6-9-19(17-10-12-18(25-2)13-11-17)20(22)15-16-7-4-3-5-8-16/h3-5,7-8,10-13,19-20H,6,9,14-15H2,1-2H3,(H,23,24)/t19-,20+,22+/m1/s1. The molecule has 0 saturated heterocycles. The fourth-order valence-electron chi connectivity index (χ4n) is 4.27. The number of carboxylic acid groups (broad SMARTS) is 1. The maximum Gasteiger partial charge on any atom is 0.309 e. The van der Waals surface area contributed by atoms with Gasteiger partial charge in [0.25, 0.3) is 0 Å². The Morgan fingerprint density at radius 2 is 1.84 bits per heavy atom. The Labute approximate surface area is 149 Å². The van der Waals surface area contributed by atoms with E-state index in [2.05, 4.69) is 24.3 Å². The van der Waals surface area contributed by atoms with Gasteiger partial charge in [-0.15, -0.1) is 0 Å². The summed E-state index contributed by atoms with van der Waals surface area (Å²) in [7, 11) is 1.66. The van der Waals surface area contributed by atoms with E-state index in [1.54, 1.807) is 7.11 Å². The summed E-state index contributed by atoms with van der Waals surface area (Å²) in [5, 5.41) is 9.97. The zero-order valence-electron chi connectivity index (χ0n) is 14.9. The number of ether oxygens (including phenoxy) is 1. The summed E-state index contributed by atoms with van der Waals surface area (Å²) >= 11 is 0. The minimum Gasteiger partial charge on any atom is -0.497 e. The first kappa shape index (κ1) is 17.5. The van der Waals surface area contributed by atoms with Gasteiger partial charge in [0, 0.05) is 0 Å². The monoisotopic (exact) mass is 338 g/mol.